The monoisotopic (exact) mass is 158 g/mol. The van der Waals surface area contributed by atoms with Crippen LogP contribution in [0, 0.1) is 0 Å². The van der Waals surface area contributed by atoms with Crippen molar-refractivity contribution in [1.82, 2.24) is 0 Å². The SMILES string of the molecule is [B]CCOc1cccc(C=C)c1. The Balaban J connectivity index is 2.66. The second-order valence-corrected chi connectivity index (χ2v) is 2.41. The van der Waals surface area contributed by atoms with Gasteiger partial charge < -0.3 is 4.74 Å². The van der Waals surface area contributed by atoms with Crippen LogP contribution in [0.5, 0.6) is 5.75 Å². The minimum atomic E-state index is 0.540. The average molecular weight is 158 g/mol. The zero-order valence-corrected chi connectivity index (χ0v) is 6.99. The van der Waals surface area contributed by atoms with Crippen molar-refractivity contribution in [2.24, 2.45) is 0 Å². The first-order valence-electron chi connectivity index (χ1n) is 3.92. The van der Waals surface area contributed by atoms with E-state index in [2.05, 4.69) is 6.58 Å². The Kier molecular flexibility index (Phi) is 3.46. The second-order valence-electron chi connectivity index (χ2n) is 2.41. The molecule has 2 radical (unpaired) electrons. The van der Waals surface area contributed by atoms with E-state index in [1.165, 1.54) is 0 Å². The van der Waals surface area contributed by atoms with Crippen LogP contribution in [0.3, 0.4) is 0 Å². The molecular formula is C10H11BO. The van der Waals surface area contributed by atoms with Crippen molar-refractivity contribution in [3.8, 4) is 5.75 Å². The van der Waals surface area contributed by atoms with Crippen molar-refractivity contribution < 1.29 is 4.74 Å². The van der Waals surface area contributed by atoms with Crippen molar-refractivity contribution in [1.29, 1.82) is 0 Å². The molecule has 0 amide bonds. The van der Waals surface area contributed by atoms with Crippen molar-refractivity contribution in [2.75, 3.05) is 6.61 Å². The number of rotatable bonds is 4. The summed E-state index contributed by atoms with van der Waals surface area (Å²) in [7, 11) is 5.30. The Morgan fingerprint density at radius 1 is 1.50 bits per heavy atom. The van der Waals surface area contributed by atoms with E-state index in [0.29, 0.717) is 12.9 Å². The van der Waals surface area contributed by atoms with Gasteiger partial charge in [0.15, 0.2) is 0 Å². The molecule has 60 valence electrons. The second kappa shape index (κ2) is 4.65. The fourth-order valence-electron chi connectivity index (χ4n) is 0.908. The van der Waals surface area contributed by atoms with E-state index in [1.54, 1.807) is 6.08 Å². The molecule has 0 aliphatic rings. The summed E-state index contributed by atoms with van der Waals surface area (Å²) in [5.41, 5.74) is 1.06. The van der Waals surface area contributed by atoms with E-state index in [9.17, 15) is 0 Å². The van der Waals surface area contributed by atoms with E-state index in [1.807, 2.05) is 24.3 Å². The van der Waals surface area contributed by atoms with E-state index in [0.717, 1.165) is 11.3 Å². The minimum absolute atomic E-state index is 0.540. The molecule has 0 saturated heterocycles. The van der Waals surface area contributed by atoms with Crippen LogP contribution in [-0.2, 0) is 0 Å². The molecule has 1 aromatic rings. The molecule has 0 spiro atoms. The zero-order valence-electron chi connectivity index (χ0n) is 6.99. The molecule has 1 nitrogen and oxygen atoms in total. The number of hydrogen-bond donors (Lipinski definition) is 0. The quantitative estimate of drug-likeness (QED) is 0.610. The van der Waals surface area contributed by atoms with Crippen molar-refractivity contribution in [3.05, 3.63) is 36.4 Å². The Bertz CT molecular complexity index is 258. The highest BCUT2D eigenvalue weighted by Gasteiger charge is 1.91. The van der Waals surface area contributed by atoms with Gasteiger partial charge in [-0.2, -0.15) is 0 Å². The third-order valence-electron chi connectivity index (χ3n) is 1.48. The molecule has 2 heteroatoms. The largest absolute Gasteiger partial charge is 0.494 e. The lowest BCUT2D eigenvalue weighted by atomic mass is 10.1. The lowest BCUT2D eigenvalue weighted by molar-refractivity contribution is 0.340. The molecule has 0 atom stereocenters. The van der Waals surface area contributed by atoms with Gasteiger partial charge >= 0.3 is 0 Å². The van der Waals surface area contributed by atoms with E-state index < -0.39 is 0 Å². The summed E-state index contributed by atoms with van der Waals surface area (Å²) >= 11 is 0. The number of hydrogen-bond acceptors (Lipinski definition) is 1. The van der Waals surface area contributed by atoms with Gasteiger partial charge in [-0.25, -0.2) is 0 Å². The van der Waals surface area contributed by atoms with E-state index in [4.69, 9.17) is 12.6 Å². The van der Waals surface area contributed by atoms with Crippen LogP contribution in [0.4, 0.5) is 0 Å². The first-order chi connectivity index (χ1) is 5.86. The predicted octanol–water partition coefficient (Wildman–Crippen LogP) is 2.30. The predicted molar refractivity (Wildman–Crippen MR) is 52.6 cm³/mol. The average Bonchev–Trinajstić information content (AvgIpc) is 2.15. The van der Waals surface area contributed by atoms with Crippen LogP contribution in [0.15, 0.2) is 30.8 Å². The summed E-state index contributed by atoms with van der Waals surface area (Å²) in [6, 6.07) is 7.75. The highest BCUT2D eigenvalue weighted by molar-refractivity contribution is 6.08. The molecule has 0 heterocycles. The molecule has 0 fully saturated rings. The highest BCUT2D eigenvalue weighted by atomic mass is 16.5. The molecule has 12 heavy (non-hydrogen) atoms. The molecule has 0 N–H and O–H groups in total. The first-order valence-corrected chi connectivity index (χ1v) is 3.92. The zero-order chi connectivity index (χ0) is 8.81. The Morgan fingerprint density at radius 3 is 3.00 bits per heavy atom. The van der Waals surface area contributed by atoms with Gasteiger partial charge in [0.25, 0.3) is 0 Å². The van der Waals surface area contributed by atoms with E-state index in [-0.39, 0.29) is 0 Å². The summed E-state index contributed by atoms with van der Waals surface area (Å²) < 4.78 is 5.32. The standard InChI is InChI=1S/C10H11BO/c1-2-9-4-3-5-10(8-9)12-7-6-11/h2-5,8H,1,6-7H2. The van der Waals surface area contributed by atoms with Crippen molar-refractivity contribution in [3.63, 3.8) is 0 Å². The third-order valence-corrected chi connectivity index (χ3v) is 1.48. The fourth-order valence-corrected chi connectivity index (χ4v) is 0.908. The summed E-state index contributed by atoms with van der Waals surface area (Å²) in [6.45, 7) is 4.23. The van der Waals surface area contributed by atoms with E-state index >= 15 is 0 Å². The van der Waals surface area contributed by atoms with Gasteiger partial charge in [0, 0.05) is 0 Å². The van der Waals surface area contributed by atoms with Crippen LogP contribution in [0.25, 0.3) is 6.08 Å². The van der Waals surface area contributed by atoms with Gasteiger partial charge in [-0.05, 0) is 17.7 Å². The van der Waals surface area contributed by atoms with Crippen LogP contribution >= 0.6 is 0 Å². The smallest absolute Gasteiger partial charge is 0.119 e. The van der Waals surface area contributed by atoms with Crippen LogP contribution < -0.4 is 4.74 Å². The Labute approximate surface area is 74.5 Å². The fraction of sp³-hybridized carbons (Fsp3) is 0.200. The summed E-state index contributed by atoms with van der Waals surface area (Å²) in [5, 5.41) is 0. The lowest BCUT2D eigenvalue weighted by Crippen LogP contribution is -1.95. The third kappa shape index (κ3) is 2.46. The normalized spacial score (nSPS) is 9.33. The molecule has 0 aromatic heterocycles. The molecule has 0 aliphatic carbocycles. The molecule has 1 aromatic carbocycles. The van der Waals surface area contributed by atoms with Crippen LogP contribution in [-0.4, -0.2) is 14.5 Å². The highest BCUT2D eigenvalue weighted by Crippen LogP contribution is 2.13. The number of benzene rings is 1. The molecule has 0 saturated carbocycles. The maximum atomic E-state index is 5.32. The Morgan fingerprint density at radius 2 is 2.33 bits per heavy atom. The molecule has 1 rings (SSSR count). The topological polar surface area (TPSA) is 9.23 Å². The molecular weight excluding hydrogens is 147 g/mol. The maximum absolute atomic E-state index is 5.32. The number of ether oxygens (including phenoxy) is 1. The van der Waals surface area contributed by atoms with Gasteiger partial charge in [0.2, 0.25) is 0 Å². The van der Waals surface area contributed by atoms with Crippen molar-refractivity contribution in [2.45, 2.75) is 6.32 Å². The maximum Gasteiger partial charge on any atom is 0.119 e. The Hall–Kier alpha value is -1.18. The summed E-state index contributed by atoms with van der Waals surface area (Å²) in [5.74, 6) is 0.845. The summed E-state index contributed by atoms with van der Waals surface area (Å²) in [6.07, 6.45) is 2.33. The van der Waals surface area contributed by atoms with Gasteiger partial charge in [-0.15, -0.1) is 0 Å². The lowest BCUT2D eigenvalue weighted by Gasteiger charge is -2.04. The van der Waals surface area contributed by atoms with Gasteiger partial charge in [-0.3, -0.25) is 0 Å². The molecule has 0 aliphatic heterocycles. The van der Waals surface area contributed by atoms with Gasteiger partial charge in [0.05, 0.1) is 14.5 Å². The van der Waals surface area contributed by atoms with Gasteiger partial charge in [0.1, 0.15) is 5.75 Å². The summed E-state index contributed by atoms with van der Waals surface area (Å²) in [4.78, 5) is 0. The van der Waals surface area contributed by atoms with Gasteiger partial charge in [-0.1, -0.05) is 31.1 Å². The van der Waals surface area contributed by atoms with Crippen LogP contribution in [0.2, 0.25) is 6.32 Å². The van der Waals surface area contributed by atoms with Crippen LogP contribution in [0.1, 0.15) is 5.56 Å². The minimum Gasteiger partial charge on any atom is -0.494 e. The van der Waals surface area contributed by atoms with Crippen molar-refractivity contribution >= 4 is 13.9 Å². The molecule has 0 unspecified atom stereocenters. The molecule has 0 bridgehead atoms. The first kappa shape index (κ1) is 8.92.